The van der Waals surface area contributed by atoms with Crippen molar-refractivity contribution in [3.8, 4) is 11.6 Å². The van der Waals surface area contributed by atoms with E-state index in [9.17, 15) is 9.59 Å². The maximum atomic E-state index is 13.2. The number of likely N-dealkylation sites (N-methyl/N-ethyl adjacent to an activating group) is 1. The molecule has 2 amide bonds. The molecule has 2 aromatic heterocycles. The molecular formula is C28H26N6O3. The minimum absolute atomic E-state index is 0.184. The molecular weight excluding hydrogens is 468 g/mol. The first kappa shape index (κ1) is 24.0. The van der Waals surface area contributed by atoms with Gasteiger partial charge < -0.3 is 25.3 Å². The van der Waals surface area contributed by atoms with Crippen molar-refractivity contribution in [1.82, 2.24) is 25.2 Å². The lowest BCUT2D eigenvalue weighted by atomic mass is 10.0. The Bertz CT molecular complexity index is 1590. The number of aromatic nitrogens is 3. The van der Waals surface area contributed by atoms with Crippen LogP contribution in [0, 0.1) is 0 Å². The van der Waals surface area contributed by atoms with Crippen molar-refractivity contribution in [2.75, 3.05) is 32.5 Å². The van der Waals surface area contributed by atoms with Crippen molar-refractivity contribution in [3.63, 3.8) is 0 Å². The zero-order chi connectivity index (χ0) is 25.8. The van der Waals surface area contributed by atoms with E-state index in [-0.39, 0.29) is 11.8 Å². The number of carbonyl (C=O) groups is 2. The molecule has 0 fully saturated rings. The second-order valence-electron chi connectivity index (χ2n) is 8.80. The number of fused-ring (bicyclic) bond motifs is 2. The highest BCUT2D eigenvalue weighted by Crippen LogP contribution is 2.30. The van der Waals surface area contributed by atoms with Gasteiger partial charge in [0.1, 0.15) is 17.7 Å². The molecule has 3 N–H and O–H groups in total. The molecule has 0 saturated carbocycles. The van der Waals surface area contributed by atoms with E-state index in [1.165, 1.54) is 6.33 Å². The van der Waals surface area contributed by atoms with E-state index in [0.29, 0.717) is 40.6 Å². The van der Waals surface area contributed by atoms with Gasteiger partial charge in [0, 0.05) is 36.1 Å². The largest absolute Gasteiger partial charge is 0.438 e. The molecule has 186 valence electrons. The van der Waals surface area contributed by atoms with Gasteiger partial charge in [-0.3, -0.25) is 9.59 Å². The number of nitrogens with one attached hydrogen (secondary N) is 3. The number of H-pyrrole nitrogens is 1. The smallest absolute Gasteiger partial charge is 0.256 e. The fourth-order valence-electron chi connectivity index (χ4n) is 4.00. The number of hydrogen-bond donors (Lipinski definition) is 3. The maximum Gasteiger partial charge on any atom is 0.256 e. The van der Waals surface area contributed by atoms with Crippen molar-refractivity contribution in [2.45, 2.75) is 0 Å². The number of carbonyl (C=O) groups excluding carboxylic acids is 2. The molecule has 5 rings (SSSR count). The molecule has 9 nitrogen and oxygen atoms in total. The van der Waals surface area contributed by atoms with E-state index in [0.717, 1.165) is 22.7 Å². The molecule has 2 heterocycles. The van der Waals surface area contributed by atoms with E-state index < -0.39 is 0 Å². The Labute approximate surface area is 213 Å². The standard InChI is InChI=1S/C28H26N6O3/c1-34(2)14-13-30-26(35)19-6-3-7-20(15-19)33-27(36)23-8-4-5-18-16-21(9-10-22(18)23)37-28-24-11-12-29-25(24)31-17-32-28/h3-12,15-17H,13-14H2,1-2H3,(H,30,35)(H,33,36)(H,29,31,32). The summed E-state index contributed by atoms with van der Waals surface area (Å²) in [5, 5.41) is 8.20. The fourth-order valence-corrected chi connectivity index (χ4v) is 4.00. The Morgan fingerprint density at radius 1 is 0.946 bits per heavy atom. The monoisotopic (exact) mass is 494 g/mol. The summed E-state index contributed by atoms with van der Waals surface area (Å²) in [5.41, 5.74) is 2.24. The van der Waals surface area contributed by atoms with Gasteiger partial charge in [0.2, 0.25) is 5.88 Å². The molecule has 0 spiro atoms. The normalized spacial score (nSPS) is 11.1. The molecule has 3 aromatic carbocycles. The van der Waals surface area contributed by atoms with Gasteiger partial charge >= 0.3 is 0 Å². The Morgan fingerprint density at radius 2 is 1.81 bits per heavy atom. The number of benzene rings is 3. The summed E-state index contributed by atoms with van der Waals surface area (Å²) in [6.07, 6.45) is 3.23. The molecule has 0 saturated heterocycles. The van der Waals surface area contributed by atoms with Crippen LogP contribution in [0.2, 0.25) is 0 Å². The fraction of sp³-hybridized carbons (Fsp3) is 0.143. The van der Waals surface area contributed by atoms with Crippen LogP contribution in [0.3, 0.4) is 0 Å². The third-order valence-corrected chi connectivity index (χ3v) is 5.86. The average Bonchev–Trinajstić information content (AvgIpc) is 3.38. The first-order valence-electron chi connectivity index (χ1n) is 11.8. The highest BCUT2D eigenvalue weighted by atomic mass is 16.5. The highest BCUT2D eigenvalue weighted by Gasteiger charge is 2.14. The third kappa shape index (κ3) is 5.41. The van der Waals surface area contributed by atoms with Crippen LogP contribution in [0.25, 0.3) is 21.8 Å². The summed E-state index contributed by atoms with van der Waals surface area (Å²) in [6, 6.07) is 19.8. The van der Waals surface area contributed by atoms with Crippen molar-refractivity contribution >= 4 is 39.3 Å². The number of rotatable bonds is 8. The zero-order valence-electron chi connectivity index (χ0n) is 20.5. The lowest BCUT2D eigenvalue weighted by molar-refractivity contribution is 0.0949. The SMILES string of the molecule is CN(C)CCNC(=O)c1cccc(NC(=O)c2cccc3cc(Oc4ncnc5[nH]ccc45)ccc23)c1. The number of ether oxygens (including phenoxy) is 1. The maximum absolute atomic E-state index is 13.2. The number of hydrogen-bond acceptors (Lipinski definition) is 6. The minimum atomic E-state index is -0.269. The molecule has 0 bridgehead atoms. The van der Waals surface area contributed by atoms with Gasteiger partial charge in [-0.2, -0.15) is 0 Å². The molecule has 5 aromatic rings. The summed E-state index contributed by atoms with van der Waals surface area (Å²) in [7, 11) is 3.89. The molecule has 0 atom stereocenters. The summed E-state index contributed by atoms with van der Waals surface area (Å²) in [4.78, 5) is 39.1. The van der Waals surface area contributed by atoms with Gasteiger partial charge in [-0.1, -0.05) is 18.2 Å². The zero-order valence-corrected chi connectivity index (χ0v) is 20.5. The minimum Gasteiger partial charge on any atom is -0.438 e. The van der Waals surface area contributed by atoms with E-state index in [1.54, 1.807) is 42.6 Å². The predicted molar refractivity (Wildman–Crippen MR) is 143 cm³/mol. The van der Waals surface area contributed by atoms with Crippen LogP contribution in [0.5, 0.6) is 11.6 Å². The van der Waals surface area contributed by atoms with E-state index in [1.807, 2.05) is 49.3 Å². The first-order chi connectivity index (χ1) is 18.0. The summed E-state index contributed by atoms with van der Waals surface area (Å²) in [6.45, 7) is 1.28. The van der Waals surface area contributed by atoms with Gasteiger partial charge in [0.05, 0.1) is 5.39 Å². The molecule has 0 radical (unpaired) electrons. The van der Waals surface area contributed by atoms with E-state index in [4.69, 9.17) is 4.74 Å². The average molecular weight is 495 g/mol. The second-order valence-corrected chi connectivity index (χ2v) is 8.80. The molecule has 0 aliphatic heterocycles. The van der Waals surface area contributed by atoms with Crippen LogP contribution in [-0.2, 0) is 0 Å². The van der Waals surface area contributed by atoms with Crippen LogP contribution in [-0.4, -0.2) is 58.9 Å². The number of nitrogens with zero attached hydrogens (tertiary/aromatic N) is 3. The van der Waals surface area contributed by atoms with Crippen LogP contribution >= 0.6 is 0 Å². The topological polar surface area (TPSA) is 112 Å². The summed E-state index contributed by atoms with van der Waals surface area (Å²) < 4.78 is 6.02. The number of amides is 2. The Hall–Kier alpha value is -4.76. The Morgan fingerprint density at radius 3 is 2.68 bits per heavy atom. The Kier molecular flexibility index (Phi) is 6.78. The van der Waals surface area contributed by atoms with Crippen molar-refractivity contribution in [3.05, 3.63) is 90.4 Å². The first-order valence-corrected chi connectivity index (χ1v) is 11.8. The van der Waals surface area contributed by atoms with Crippen LogP contribution < -0.4 is 15.4 Å². The van der Waals surface area contributed by atoms with E-state index in [2.05, 4.69) is 25.6 Å². The van der Waals surface area contributed by atoms with Gasteiger partial charge in [-0.05, 0) is 73.4 Å². The molecule has 0 aliphatic carbocycles. The van der Waals surface area contributed by atoms with Crippen molar-refractivity contribution in [2.24, 2.45) is 0 Å². The predicted octanol–water partition coefficient (Wildman–Crippen LogP) is 4.45. The second kappa shape index (κ2) is 10.5. The highest BCUT2D eigenvalue weighted by molar-refractivity contribution is 6.13. The van der Waals surface area contributed by atoms with Crippen molar-refractivity contribution < 1.29 is 14.3 Å². The Balaban J connectivity index is 1.33. The van der Waals surface area contributed by atoms with Gasteiger partial charge in [0.15, 0.2) is 0 Å². The van der Waals surface area contributed by atoms with Gasteiger partial charge in [-0.15, -0.1) is 0 Å². The molecule has 0 unspecified atom stereocenters. The van der Waals surface area contributed by atoms with E-state index >= 15 is 0 Å². The van der Waals surface area contributed by atoms with Crippen LogP contribution in [0.15, 0.2) is 79.3 Å². The van der Waals surface area contributed by atoms with Crippen LogP contribution in [0.4, 0.5) is 5.69 Å². The third-order valence-electron chi connectivity index (χ3n) is 5.86. The van der Waals surface area contributed by atoms with Gasteiger partial charge in [-0.25, -0.2) is 9.97 Å². The quantitative estimate of drug-likeness (QED) is 0.294. The molecule has 0 aliphatic rings. The van der Waals surface area contributed by atoms with Crippen molar-refractivity contribution in [1.29, 1.82) is 0 Å². The van der Waals surface area contributed by atoms with Crippen LogP contribution in [0.1, 0.15) is 20.7 Å². The summed E-state index contributed by atoms with van der Waals surface area (Å²) >= 11 is 0. The lowest BCUT2D eigenvalue weighted by Crippen LogP contribution is -2.31. The van der Waals surface area contributed by atoms with Gasteiger partial charge in [0.25, 0.3) is 11.8 Å². The summed E-state index contributed by atoms with van der Waals surface area (Å²) in [5.74, 6) is 0.592. The molecule has 37 heavy (non-hydrogen) atoms. The molecule has 9 heteroatoms. The number of aromatic amines is 1. The lowest BCUT2D eigenvalue weighted by Gasteiger charge is -2.12. The number of anilines is 1.